The van der Waals surface area contributed by atoms with Crippen molar-refractivity contribution in [2.45, 2.75) is 26.2 Å². The van der Waals surface area contributed by atoms with Crippen LogP contribution in [0.1, 0.15) is 26.2 Å². The van der Waals surface area contributed by atoms with Crippen LogP contribution in [-0.4, -0.2) is 55.1 Å². The number of hydrogen-bond acceptors (Lipinski definition) is 5. The Morgan fingerprint density at radius 3 is 2.71 bits per heavy atom. The molecule has 118 valence electrons. The molecule has 6 heteroatoms. The lowest BCUT2D eigenvalue weighted by Crippen LogP contribution is -2.37. The first kappa shape index (κ1) is 16.3. The SMILES string of the molecule is CCCNc1ncc(Cl)c(N2CCC(CN(C)C)CC2)n1. The molecule has 1 aliphatic heterocycles. The predicted octanol–water partition coefficient (Wildman–Crippen LogP) is 2.73. The van der Waals surface area contributed by atoms with E-state index in [4.69, 9.17) is 11.6 Å². The summed E-state index contributed by atoms with van der Waals surface area (Å²) < 4.78 is 0. The summed E-state index contributed by atoms with van der Waals surface area (Å²) in [5.41, 5.74) is 0. The molecule has 1 aliphatic rings. The van der Waals surface area contributed by atoms with Crippen LogP contribution in [0.2, 0.25) is 5.02 Å². The molecule has 0 atom stereocenters. The molecule has 0 saturated carbocycles. The fraction of sp³-hybridized carbons (Fsp3) is 0.733. The van der Waals surface area contributed by atoms with Gasteiger partial charge in [-0.2, -0.15) is 4.98 Å². The molecule has 5 nitrogen and oxygen atoms in total. The molecule has 0 spiro atoms. The van der Waals surface area contributed by atoms with E-state index in [0.29, 0.717) is 11.0 Å². The Hall–Kier alpha value is -1.07. The fourth-order valence-corrected chi connectivity index (χ4v) is 2.96. The van der Waals surface area contributed by atoms with Gasteiger partial charge in [0.2, 0.25) is 5.95 Å². The molecule has 1 saturated heterocycles. The van der Waals surface area contributed by atoms with Gasteiger partial charge in [-0.15, -0.1) is 0 Å². The first-order chi connectivity index (χ1) is 10.1. The van der Waals surface area contributed by atoms with Gasteiger partial charge in [0.1, 0.15) is 5.02 Å². The highest BCUT2D eigenvalue weighted by Crippen LogP contribution is 2.28. The lowest BCUT2D eigenvalue weighted by Gasteiger charge is -2.34. The van der Waals surface area contributed by atoms with E-state index < -0.39 is 0 Å². The van der Waals surface area contributed by atoms with Gasteiger partial charge in [0.25, 0.3) is 0 Å². The van der Waals surface area contributed by atoms with Crippen LogP contribution < -0.4 is 10.2 Å². The second-order valence-electron chi connectivity index (χ2n) is 5.98. The summed E-state index contributed by atoms with van der Waals surface area (Å²) >= 11 is 6.28. The average molecular weight is 312 g/mol. The standard InChI is InChI=1S/C15H26ClN5/c1-4-7-17-15-18-10-13(16)14(19-15)21-8-5-12(6-9-21)11-20(2)3/h10,12H,4-9,11H2,1-3H3,(H,17,18,19). The lowest BCUT2D eigenvalue weighted by molar-refractivity contribution is 0.284. The summed E-state index contributed by atoms with van der Waals surface area (Å²) in [7, 11) is 4.28. The normalized spacial score (nSPS) is 16.5. The van der Waals surface area contributed by atoms with Gasteiger partial charge in [-0.1, -0.05) is 18.5 Å². The zero-order valence-corrected chi connectivity index (χ0v) is 14.0. The fourth-order valence-electron chi connectivity index (χ4n) is 2.75. The Kier molecular flexibility index (Phi) is 6.06. The van der Waals surface area contributed by atoms with Crippen LogP contribution in [0.4, 0.5) is 11.8 Å². The lowest BCUT2D eigenvalue weighted by atomic mass is 9.96. The van der Waals surface area contributed by atoms with E-state index in [-0.39, 0.29) is 0 Å². The molecule has 0 aromatic carbocycles. The molecule has 1 aromatic heterocycles. The number of aromatic nitrogens is 2. The van der Waals surface area contributed by atoms with Crippen molar-refractivity contribution in [2.24, 2.45) is 5.92 Å². The van der Waals surface area contributed by atoms with Crippen molar-refractivity contribution in [3.8, 4) is 0 Å². The number of hydrogen-bond donors (Lipinski definition) is 1. The maximum atomic E-state index is 6.28. The van der Waals surface area contributed by atoms with Crippen molar-refractivity contribution in [2.75, 3.05) is 50.5 Å². The van der Waals surface area contributed by atoms with Gasteiger partial charge in [-0.05, 0) is 39.3 Å². The Bertz CT molecular complexity index is 444. The van der Waals surface area contributed by atoms with E-state index >= 15 is 0 Å². The molecule has 0 aliphatic carbocycles. The van der Waals surface area contributed by atoms with Gasteiger partial charge < -0.3 is 15.1 Å². The highest BCUT2D eigenvalue weighted by Gasteiger charge is 2.22. The van der Waals surface area contributed by atoms with Crippen molar-refractivity contribution in [3.63, 3.8) is 0 Å². The zero-order chi connectivity index (χ0) is 15.2. The van der Waals surface area contributed by atoms with E-state index in [0.717, 1.165) is 44.3 Å². The van der Waals surface area contributed by atoms with Gasteiger partial charge >= 0.3 is 0 Å². The van der Waals surface area contributed by atoms with Crippen LogP contribution in [-0.2, 0) is 0 Å². The van der Waals surface area contributed by atoms with Gasteiger partial charge in [-0.3, -0.25) is 0 Å². The third kappa shape index (κ3) is 4.71. The number of nitrogens with one attached hydrogen (secondary N) is 1. The maximum Gasteiger partial charge on any atom is 0.224 e. The minimum Gasteiger partial charge on any atom is -0.355 e. The third-order valence-corrected chi connectivity index (χ3v) is 4.06. The molecule has 0 unspecified atom stereocenters. The quantitative estimate of drug-likeness (QED) is 0.875. The van der Waals surface area contributed by atoms with Crippen LogP contribution in [0, 0.1) is 5.92 Å². The van der Waals surface area contributed by atoms with Crippen LogP contribution in [0.25, 0.3) is 0 Å². The van der Waals surface area contributed by atoms with E-state index in [1.165, 1.54) is 12.8 Å². The molecule has 21 heavy (non-hydrogen) atoms. The van der Waals surface area contributed by atoms with Crippen LogP contribution in [0.3, 0.4) is 0 Å². The van der Waals surface area contributed by atoms with Crippen molar-refractivity contribution in [1.29, 1.82) is 0 Å². The Morgan fingerprint density at radius 2 is 2.10 bits per heavy atom. The molecule has 2 heterocycles. The summed E-state index contributed by atoms with van der Waals surface area (Å²) in [5.74, 6) is 2.31. The molecule has 1 aromatic rings. The number of piperidine rings is 1. The van der Waals surface area contributed by atoms with E-state index in [1.807, 2.05) is 0 Å². The summed E-state index contributed by atoms with van der Waals surface area (Å²) in [4.78, 5) is 13.4. The van der Waals surface area contributed by atoms with Crippen LogP contribution in [0.15, 0.2) is 6.20 Å². The highest BCUT2D eigenvalue weighted by atomic mass is 35.5. The average Bonchev–Trinajstić information content (AvgIpc) is 2.47. The molecule has 1 fully saturated rings. The van der Waals surface area contributed by atoms with Crippen molar-refractivity contribution >= 4 is 23.4 Å². The third-order valence-electron chi connectivity index (χ3n) is 3.80. The molecule has 1 N–H and O–H groups in total. The first-order valence-corrected chi connectivity index (χ1v) is 8.14. The van der Waals surface area contributed by atoms with Gasteiger partial charge in [-0.25, -0.2) is 4.98 Å². The summed E-state index contributed by atoms with van der Waals surface area (Å²) in [5, 5.41) is 3.86. The molecular weight excluding hydrogens is 286 g/mol. The Balaban J connectivity index is 1.98. The predicted molar refractivity (Wildman–Crippen MR) is 89.3 cm³/mol. The van der Waals surface area contributed by atoms with Gasteiger partial charge in [0.05, 0.1) is 6.20 Å². The molecular formula is C15H26ClN5. The number of nitrogens with zero attached hydrogens (tertiary/aromatic N) is 4. The van der Waals surface area contributed by atoms with E-state index in [9.17, 15) is 0 Å². The Morgan fingerprint density at radius 1 is 1.38 bits per heavy atom. The minimum absolute atomic E-state index is 0.642. The molecule has 0 radical (unpaired) electrons. The maximum absolute atomic E-state index is 6.28. The van der Waals surface area contributed by atoms with Crippen LogP contribution >= 0.6 is 11.6 Å². The summed E-state index contributed by atoms with van der Waals surface area (Å²) in [6.45, 7) is 6.20. The molecule has 0 amide bonds. The van der Waals surface area contributed by atoms with Crippen LogP contribution in [0.5, 0.6) is 0 Å². The smallest absolute Gasteiger partial charge is 0.224 e. The number of rotatable bonds is 6. The minimum atomic E-state index is 0.642. The topological polar surface area (TPSA) is 44.3 Å². The monoisotopic (exact) mass is 311 g/mol. The first-order valence-electron chi connectivity index (χ1n) is 7.76. The largest absolute Gasteiger partial charge is 0.355 e. The summed E-state index contributed by atoms with van der Waals surface area (Å²) in [6.07, 6.45) is 5.14. The van der Waals surface area contributed by atoms with Crippen molar-refractivity contribution in [1.82, 2.24) is 14.9 Å². The van der Waals surface area contributed by atoms with Gasteiger partial charge in [0, 0.05) is 26.2 Å². The van der Waals surface area contributed by atoms with E-state index in [2.05, 4.69) is 46.1 Å². The second-order valence-corrected chi connectivity index (χ2v) is 6.39. The molecule has 2 rings (SSSR count). The number of halogens is 1. The zero-order valence-electron chi connectivity index (χ0n) is 13.3. The number of anilines is 2. The van der Waals surface area contributed by atoms with Gasteiger partial charge in [0.15, 0.2) is 5.82 Å². The molecule has 0 bridgehead atoms. The van der Waals surface area contributed by atoms with Crippen molar-refractivity contribution < 1.29 is 0 Å². The Labute approximate surface area is 132 Å². The van der Waals surface area contributed by atoms with Crippen molar-refractivity contribution in [3.05, 3.63) is 11.2 Å². The van der Waals surface area contributed by atoms with E-state index in [1.54, 1.807) is 6.20 Å². The highest BCUT2D eigenvalue weighted by molar-refractivity contribution is 6.32. The second kappa shape index (κ2) is 7.80. The summed E-state index contributed by atoms with van der Waals surface area (Å²) in [6, 6.07) is 0.